The average Bonchev–Trinajstić information content (AvgIpc) is 2.47. The van der Waals surface area contributed by atoms with Crippen molar-refractivity contribution in [1.29, 1.82) is 0 Å². The van der Waals surface area contributed by atoms with E-state index in [0.29, 0.717) is 5.95 Å². The number of rotatable bonds is 3. The van der Waals surface area contributed by atoms with Gasteiger partial charge in [0.1, 0.15) is 6.34 Å². The Morgan fingerprint density at radius 2 is 2.38 bits per heavy atom. The van der Waals surface area contributed by atoms with E-state index in [0.717, 1.165) is 5.69 Å². The highest BCUT2D eigenvalue weighted by molar-refractivity contribution is 5.70. The summed E-state index contributed by atoms with van der Waals surface area (Å²) in [5, 5.41) is 3.99. The quantitative estimate of drug-likeness (QED) is 0.508. The van der Waals surface area contributed by atoms with Gasteiger partial charge in [0.15, 0.2) is 0 Å². The van der Waals surface area contributed by atoms with E-state index in [2.05, 4.69) is 26.8 Å². The summed E-state index contributed by atoms with van der Waals surface area (Å²) in [6.45, 7) is 7.07. The summed E-state index contributed by atoms with van der Waals surface area (Å²) in [6.07, 6.45) is 4.83. The van der Waals surface area contributed by atoms with Gasteiger partial charge in [0.2, 0.25) is 5.95 Å². The van der Waals surface area contributed by atoms with Crippen molar-refractivity contribution in [1.82, 2.24) is 9.66 Å². The van der Waals surface area contributed by atoms with Crippen LogP contribution in [0.2, 0.25) is 0 Å². The summed E-state index contributed by atoms with van der Waals surface area (Å²) in [5.74, 6) is 0.472. The third-order valence-corrected chi connectivity index (χ3v) is 1.32. The molecule has 1 rings (SSSR count). The standard InChI is InChI=1S/C8H11N5/c1-4-10-6-11-13-5-7(2)12-8(13)9-3/h4-6H,3H2,1-2H3/b10-4-,11-6-. The van der Waals surface area contributed by atoms with Gasteiger partial charge >= 0.3 is 0 Å². The Morgan fingerprint density at radius 1 is 1.62 bits per heavy atom. The highest BCUT2D eigenvalue weighted by Crippen LogP contribution is 2.09. The van der Waals surface area contributed by atoms with Gasteiger partial charge in [0.05, 0.1) is 11.9 Å². The SMILES string of the molecule is C=Nc1nc(C)cn1/N=C\N=C/C. The lowest BCUT2D eigenvalue weighted by atomic mass is 10.6. The van der Waals surface area contributed by atoms with Crippen molar-refractivity contribution in [3.63, 3.8) is 0 Å². The minimum Gasteiger partial charge on any atom is -0.248 e. The smallest absolute Gasteiger partial charge is 0.248 e. The topological polar surface area (TPSA) is 54.9 Å². The first-order valence-electron chi connectivity index (χ1n) is 3.81. The molecular weight excluding hydrogens is 166 g/mol. The second-order valence-corrected chi connectivity index (χ2v) is 2.32. The van der Waals surface area contributed by atoms with Crippen molar-refractivity contribution >= 4 is 25.2 Å². The predicted molar refractivity (Wildman–Crippen MR) is 54.2 cm³/mol. The van der Waals surface area contributed by atoms with Gasteiger partial charge in [-0.25, -0.2) is 19.6 Å². The number of aliphatic imine (C=N–C) groups is 2. The molecule has 5 nitrogen and oxygen atoms in total. The summed E-state index contributed by atoms with van der Waals surface area (Å²) in [6, 6.07) is 0. The molecule has 13 heavy (non-hydrogen) atoms. The van der Waals surface area contributed by atoms with Crippen molar-refractivity contribution in [2.75, 3.05) is 0 Å². The lowest BCUT2D eigenvalue weighted by molar-refractivity contribution is 0.880. The number of imidazole rings is 1. The Bertz CT molecular complexity index is 347. The molecule has 1 heterocycles. The number of aromatic nitrogens is 2. The first-order chi connectivity index (χ1) is 6.27. The number of aryl methyl sites for hydroxylation is 1. The summed E-state index contributed by atoms with van der Waals surface area (Å²) < 4.78 is 1.52. The molecule has 0 unspecified atom stereocenters. The molecule has 0 atom stereocenters. The van der Waals surface area contributed by atoms with E-state index in [1.165, 1.54) is 11.0 Å². The van der Waals surface area contributed by atoms with Gasteiger partial charge < -0.3 is 0 Å². The van der Waals surface area contributed by atoms with Crippen LogP contribution in [0.4, 0.5) is 5.95 Å². The van der Waals surface area contributed by atoms with E-state index < -0.39 is 0 Å². The molecule has 0 aliphatic carbocycles. The van der Waals surface area contributed by atoms with Crippen molar-refractivity contribution < 1.29 is 0 Å². The van der Waals surface area contributed by atoms with Gasteiger partial charge in [-0.1, -0.05) is 0 Å². The molecule has 5 heteroatoms. The zero-order valence-corrected chi connectivity index (χ0v) is 7.68. The van der Waals surface area contributed by atoms with Crippen LogP contribution in [-0.4, -0.2) is 28.9 Å². The average molecular weight is 177 g/mol. The lowest BCUT2D eigenvalue weighted by Gasteiger charge is -1.91. The van der Waals surface area contributed by atoms with Crippen molar-refractivity contribution in [3.05, 3.63) is 11.9 Å². The first-order valence-corrected chi connectivity index (χ1v) is 3.81. The summed E-state index contributed by atoms with van der Waals surface area (Å²) >= 11 is 0. The molecule has 0 saturated heterocycles. The minimum absolute atomic E-state index is 0.472. The number of hydrogen-bond donors (Lipinski definition) is 0. The highest BCUT2D eigenvalue weighted by atomic mass is 15.4. The lowest BCUT2D eigenvalue weighted by Crippen LogP contribution is -1.85. The van der Waals surface area contributed by atoms with Crippen LogP contribution in [0.3, 0.4) is 0 Å². The second-order valence-electron chi connectivity index (χ2n) is 2.32. The maximum Gasteiger partial charge on any atom is 0.250 e. The van der Waals surface area contributed by atoms with Gasteiger partial charge in [-0.2, -0.15) is 5.10 Å². The van der Waals surface area contributed by atoms with Crippen molar-refractivity contribution in [2.24, 2.45) is 15.1 Å². The molecule has 1 aromatic heterocycles. The molecule has 0 aromatic carbocycles. The fraction of sp³-hybridized carbons (Fsp3) is 0.250. The molecule has 1 aromatic rings. The van der Waals surface area contributed by atoms with Gasteiger partial charge in [-0.05, 0) is 20.6 Å². The van der Waals surface area contributed by atoms with E-state index in [1.54, 1.807) is 12.4 Å². The maximum absolute atomic E-state index is 4.08. The van der Waals surface area contributed by atoms with Crippen LogP contribution in [-0.2, 0) is 0 Å². The summed E-state index contributed by atoms with van der Waals surface area (Å²) in [5.41, 5.74) is 0.847. The fourth-order valence-corrected chi connectivity index (χ4v) is 0.817. The Balaban J connectivity index is 2.92. The second kappa shape index (κ2) is 4.30. The van der Waals surface area contributed by atoms with Gasteiger partial charge in [-0.3, -0.25) is 0 Å². The largest absolute Gasteiger partial charge is 0.250 e. The molecule has 0 saturated carbocycles. The van der Waals surface area contributed by atoms with Gasteiger partial charge in [-0.15, -0.1) is 0 Å². The van der Waals surface area contributed by atoms with Crippen LogP contribution in [0.15, 0.2) is 21.3 Å². The van der Waals surface area contributed by atoms with Crippen LogP contribution in [0.25, 0.3) is 0 Å². The molecule has 0 aliphatic heterocycles. The molecule has 0 N–H and O–H groups in total. The van der Waals surface area contributed by atoms with Crippen LogP contribution in [0.5, 0.6) is 0 Å². The summed E-state index contributed by atoms with van der Waals surface area (Å²) in [4.78, 5) is 11.6. The normalized spacial score (nSPS) is 11.5. The zero-order chi connectivity index (χ0) is 9.68. The van der Waals surface area contributed by atoms with E-state index in [1.807, 2.05) is 13.8 Å². The number of hydrogen-bond acceptors (Lipinski definition) is 3. The van der Waals surface area contributed by atoms with Crippen LogP contribution >= 0.6 is 0 Å². The Kier molecular flexibility index (Phi) is 3.08. The molecule has 0 amide bonds. The molecule has 68 valence electrons. The maximum atomic E-state index is 4.08. The van der Waals surface area contributed by atoms with E-state index in [-0.39, 0.29) is 0 Å². The monoisotopic (exact) mass is 177 g/mol. The molecule has 0 fully saturated rings. The summed E-state index contributed by atoms with van der Waals surface area (Å²) in [7, 11) is 0. The molecule has 0 aliphatic rings. The van der Waals surface area contributed by atoms with Gasteiger partial charge in [0.25, 0.3) is 0 Å². The Labute approximate surface area is 76.6 Å². The predicted octanol–water partition coefficient (Wildman–Crippen LogP) is 1.41. The Hall–Kier alpha value is -1.78. The van der Waals surface area contributed by atoms with Crippen LogP contribution in [0, 0.1) is 6.92 Å². The molecule has 0 bridgehead atoms. The highest BCUT2D eigenvalue weighted by Gasteiger charge is 1.99. The zero-order valence-electron chi connectivity index (χ0n) is 7.68. The molecule has 0 spiro atoms. The first kappa shape index (κ1) is 9.31. The van der Waals surface area contributed by atoms with Crippen LogP contribution in [0.1, 0.15) is 12.6 Å². The van der Waals surface area contributed by atoms with Crippen molar-refractivity contribution in [2.45, 2.75) is 13.8 Å². The van der Waals surface area contributed by atoms with Gasteiger partial charge in [0, 0.05) is 6.21 Å². The molecular formula is C8H11N5. The van der Waals surface area contributed by atoms with E-state index >= 15 is 0 Å². The minimum atomic E-state index is 0.472. The van der Waals surface area contributed by atoms with Crippen molar-refractivity contribution in [3.8, 4) is 0 Å². The Morgan fingerprint density at radius 3 is 3.00 bits per heavy atom. The van der Waals surface area contributed by atoms with Crippen LogP contribution < -0.4 is 0 Å². The van der Waals surface area contributed by atoms with E-state index in [9.17, 15) is 0 Å². The third-order valence-electron chi connectivity index (χ3n) is 1.32. The van der Waals surface area contributed by atoms with E-state index in [4.69, 9.17) is 0 Å². The fourth-order valence-electron chi connectivity index (χ4n) is 0.817. The third kappa shape index (κ3) is 2.33. The molecule has 0 radical (unpaired) electrons. The number of nitrogens with zero attached hydrogens (tertiary/aromatic N) is 5.